The van der Waals surface area contributed by atoms with Gasteiger partial charge in [-0.25, -0.2) is 0 Å². The molecule has 24 heavy (non-hydrogen) atoms. The van der Waals surface area contributed by atoms with Crippen LogP contribution in [-0.2, 0) is 11.2 Å². The molecule has 0 atom stereocenters. The number of aliphatic imine (C=N–C) groups is 1. The maximum atomic E-state index is 6.08. The summed E-state index contributed by atoms with van der Waals surface area (Å²) in [5.74, 6) is 0.819. The minimum Gasteiger partial charge on any atom is -0.382 e. The van der Waals surface area contributed by atoms with E-state index in [1.54, 1.807) is 7.05 Å². The number of nitrogens with zero attached hydrogens (tertiary/aromatic N) is 1. The van der Waals surface area contributed by atoms with Gasteiger partial charge in [-0.15, -0.1) is 24.0 Å². The third-order valence-corrected chi connectivity index (χ3v) is 3.84. The zero-order valence-electron chi connectivity index (χ0n) is 14.2. The summed E-state index contributed by atoms with van der Waals surface area (Å²) in [6.07, 6.45) is 3.91. The van der Waals surface area contributed by atoms with Crippen molar-refractivity contribution in [2.24, 2.45) is 4.99 Å². The number of fused-ring (bicyclic) bond motifs is 1. The molecular weight excluding hydrogens is 439 g/mol. The van der Waals surface area contributed by atoms with E-state index in [0.29, 0.717) is 0 Å². The highest BCUT2D eigenvalue weighted by atomic mass is 127. The number of hydrogen-bond acceptors (Lipinski definition) is 2. The van der Waals surface area contributed by atoms with Gasteiger partial charge in [0.05, 0.1) is 0 Å². The predicted octanol–water partition coefficient (Wildman–Crippen LogP) is 3.57. The summed E-state index contributed by atoms with van der Waals surface area (Å²) < 4.78 is 5.32. The molecule has 0 radical (unpaired) electrons. The molecule has 0 aliphatic rings. The van der Waals surface area contributed by atoms with Crippen LogP contribution in [0.2, 0.25) is 5.02 Å². The van der Waals surface area contributed by atoms with Crippen molar-refractivity contribution in [3.8, 4) is 0 Å². The number of benzene rings is 1. The fourth-order valence-electron chi connectivity index (χ4n) is 2.42. The summed E-state index contributed by atoms with van der Waals surface area (Å²) in [4.78, 5) is 7.50. The number of hydrogen-bond donors (Lipinski definition) is 3. The minimum atomic E-state index is 0. The average molecular weight is 465 g/mol. The molecule has 0 bridgehead atoms. The molecule has 0 aliphatic carbocycles. The molecule has 3 N–H and O–H groups in total. The Morgan fingerprint density at radius 1 is 1.29 bits per heavy atom. The van der Waals surface area contributed by atoms with Gasteiger partial charge in [0, 0.05) is 55.5 Å². The molecule has 7 heteroatoms. The number of aromatic amines is 1. The molecule has 1 aromatic heterocycles. The first kappa shape index (κ1) is 21.1. The maximum absolute atomic E-state index is 6.08. The molecule has 1 heterocycles. The summed E-state index contributed by atoms with van der Waals surface area (Å²) in [5.41, 5.74) is 2.37. The van der Waals surface area contributed by atoms with Gasteiger partial charge in [-0.05, 0) is 43.5 Å². The van der Waals surface area contributed by atoms with Crippen LogP contribution in [0.4, 0.5) is 0 Å². The lowest BCUT2D eigenvalue weighted by molar-refractivity contribution is 0.145. The highest BCUT2D eigenvalue weighted by molar-refractivity contribution is 14.0. The van der Waals surface area contributed by atoms with Gasteiger partial charge in [-0.3, -0.25) is 4.99 Å². The van der Waals surface area contributed by atoms with Gasteiger partial charge in [-0.1, -0.05) is 11.6 Å². The van der Waals surface area contributed by atoms with Crippen molar-refractivity contribution in [1.82, 2.24) is 15.6 Å². The molecule has 5 nitrogen and oxygen atoms in total. The molecule has 0 aliphatic heterocycles. The maximum Gasteiger partial charge on any atom is 0.190 e. The summed E-state index contributed by atoms with van der Waals surface area (Å²) in [7, 11) is 1.78. The van der Waals surface area contributed by atoms with E-state index in [0.717, 1.165) is 55.6 Å². The fourth-order valence-corrected chi connectivity index (χ4v) is 2.59. The second-order valence-electron chi connectivity index (χ2n) is 5.23. The Bertz CT molecular complexity index is 645. The Kier molecular flexibility index (Phi) is 10.1. The van der Waals surface area contributed by atoms with Gasteiger partial charge in [0.2, 0.25) is 0 Å². The van der Waals surface area contributed by atoms with Crippen LogP contribution < -0.4 is 10.6 Å². The molecule has 0 saturated carbocycles. The van der Waals surface area contributed by atoms with Crippen molar-refractivity contribution in [3.05, 3.63) is 35.0 Å². The van der Waals surface area contributed by atoms with Crippen molar-refractivity contribution in [2.75, 3.05) is 33.4 Å². The lowest BCUT2D eigenvalue weighted by Crippen LogP contribution is -2.39. The Balaban J connectivity index is 0.00000288. The number of aromatic nitrogens is 1. The van der Waals surface area contributed by atoms with Gasteiger partial charge in [0.1, 0.15) is 0 Å². The molecule has 2 aromatic rings. The van der Waals surface area contributed by atoms with Crippen LogP contribution in [0.25, 0.3) is 10.9 Å². The van der Waals surface area contributed by atoms with Crippen LogP contribution in [0.3, 0.4) is 0 Å². The van der Waals surface area contributed by atoms with Gasteiger partial charge in [0.15, 0.2) is 5.96 Å². The van der Waals surface area contributed by atoms with E-state index in [1.807, 2.05) is 31.3 Å². The first-order valence-electron chi connectivity index (χ1n) is 8.02. The summed E-state index contributed by atoms with van der Waals surface area (Å²) >= 11 is 6.08. The van der Waals surface area contributed by atoms with Crippen LogP contribution in [0.5, 0.6) is 0 Å². The lowest BCUT2D eigenvalue weighted by atomic mass is 10.1. The van der Waals surface area contributed by atoms with Gasteiger partial charge < -0.3 is 20.4 Å². The summed E-state index contributed by atoms with van der Waals surface area (Å²) in [6, 6.07) is 5.91. The number of nitrogens with one attached hydrogen (secondary N) is 3. The zero-order valence-corrected chi connectivity index (χ0v) is 17.3. The monoisotopic (exact) mass is 464 g/mol. The second kappa shape index (κ2) is 11.5. The molecule has 0 amide bonds. The van der Waals surface area contributed by atoms with E-state index in [-0.39, 0.29) is 24.0 Å². The van der Waals surface area contributed by atoms with E-state index >= 15 is 0 Å². The van der Waals surface area contributed by atoms with E-state index in [1.165, 1.54) is 10.9 Å². The van der Waals surface area contributed by atoms with Crippen LogP contribution >= 0.6 is 35.6 Å². The molecule has 2 rings (SSSR count). The Hall–Kier alpha value is -0.990. The Morgan fingerprint density at radius 2 is 2.08 bits per heavy atom. The first-order chi connectivity index (χ1) is 11.2. The van der Waals surface area contributed by atoms with E-state index in [4.69, 9.17) is 16.3 Å². The lowest BCUT2D eigenvalue weighted by Gasteiger charge is -2.11. The predicted molar refractivity (Wildman–Crippen MR) is 113 cm³/mol. The number of halogens is 2. The molecule has 0 spiro atoms. The van der Waals surface area contributed by atoms with E-state index in [9.17, 15) is 0 Å². The quantitative estimate of drug-likeness (QED) is 0.242. The second-order valence-corrected chi connectivity index (χ2v) is 5.67. The third kappa shape index (κ3) is 6.49. The van der Waals surface area contributed by atoms with Gasteiger partial charge in [0.25, 0.3) is 0 Å². The number of H-pyrrole nitrogens is 1. The van der Waals surface area contributed by atoms with Gasteiger partial charge in [-0.2, -0.15) is 0 Å². The SMILES string of the molecule is CCOCCCNC(=NC)NCCc1c[nH]c2ccc(Cl)cc12.I. The van der Waals surface area contributed by atoms with Crippen LogP contribution in [0, 0.1) is 0 Å². The number of ether oxygens (including phenoxy) is 1. The number of rotatable bonds is 8. The standard InChI is InChI=1S/C17H25ClN4O.HI/c1-3-23-10-4-8-20-17(19-2)21-9-7-13-12-22-16-6-5-14(18)11-15(13)16;/h5-6,11-12,22H,3-4,7-10H2,1-2H3,(H2,19,20,21);1H. The highest BCUT2D eigenvalue weighted by Crippen LogP contribution is 2.22. The fraction of sp³-hybridized carbons (Fsp3) is 0.471. The largest absolute Gasteiger partial charge is 0.382 e. The third-order valence-electron chi connectivity index (χ3n) is 3.60. The van der Waals surface area contributed by atoms with Crippen LogP contribution in [0.15, 0.2) is 29.4 Å². The van der Waals surface area contributed by atoms with Crippen molar-refractivity contribution in [1.29, 1.82) is 0 Å². The zero-order chi connectivity index (χ0) is 16.5. The van der Waals surface area contributed by atoms with Crippen molar-refractivity contribution in [3.63, 3.8) is 0 Å². The average Bonchev–Trinajstić information content (AvgIpc) is 2.95. The molecule has 0 saturated heterocycles. The topological polar surface area (TPSA) is 61.4 Å². The van der Waals surface area contributed by atoms with E-state index < -0.39 is 0 Å². The Labute approximate surface area is 165 Å². The molecular formula is C17H26ClIN4O. The van der Waals surface area contributed by atoms with Gasteiger partial charge >= 0.3 is 0 Å². The van der Waals surface area contributed by atoms with Crippen molar-refractivity contribution < 1.29 is 4.74 Å². The van der Waals surface area contributed by atoms with Crippen LogP contribution in [0.1, 0.15) is 18.9 Å². The van der Waals surface area contributed by atoms with Crippen molar-refractivity contribution in [2.45, 2.75) is 19.8 Å². The normalized spacial score (nSPS) is 11.4. The van der Waals surface area contributed by atoms with Crippen molar-refractivity contribution >= 4 is 52.4 Å². The summed E-state index contributed by atoms with van der Waals surface area (Å²) in [6.45, 7) is 5.21. The minimum absolute atomic E-state index is 0. The van der Waals surface area contributed by atoms with E-state index in [2.05, 4.69) is 20.6 Å². The number of guanidine groups is 1. The molecule has 1 aromatic carbocycles. The summed E-state index contributed by atoms with van der Waals surface area (Å²) in [5, 5.41) is 8.56. The molecule has 0 fully saturated rings. The van der Waals surface area contributed by atoms with Crippen LogP contribution in [-0.4, -0.2) is 44.3 Å². The highest BCUT2D eigenvalue weighted by Gasteiger charge is 2.05. The first-order valence-corrected chi connectivity index (χ1v) is 8.40. The smallest absolute Gasteiger partial charge is 0.190 e. The Morgan fingerprint density at radius 3 is 2.83 bits per heavy atom. The molecule has 134 valence electrons. The molecule has 0 unspecified atom stereocenters.